The summed E-state index contributed by atoms with van der Waals surface area (Å²) in [7, 11) is 6.26. The van der Waals surface area contributed by atoms with Crippen LogP contribution in [0.2, 0.25) is 0 Å². The Morgan fingerprint density at radius 3 is 2.36 bits per heavy atom. The predicted molar refractivity (Wildman–Crippen MR) is 171 cm³/mol. The maximum Gasteiger partial charge on any atom is 0.271 e. The van der Waals surface area contributed by atoms with Crippen molar-refractivity contribution in [2.75, 3.05) is 40.1 Å². The van der Waals surface area contributed by atoms with Gasteiger partial charge >= 0.3 is 0 Å². The molecule has 232 valence electrons. The molecule has 0 saturated heterocycles. The fraction of sp³-hybridized carbons (Fsp3) is 0.323. The summed E-state index contributed by atoms with van der Waals surface area (Å²) in [6, 6.07) is 6.89. The number of hydrogen-bond acceptors (Lipinski definition) is 10. The van der Waals surface area contributed by atoms with Gasteiger partial charge in [-0.15, -0.1) is 0 Å². The molecule has 3 rings (SSSR count). The number of ether oxygens (including phenoxy) is 1. The molecule has 13 nitrogen and oxygen atoms in total. The number of hydrogen-bond donors (Lipinski definition) is 7. The molecule has 13 heteroatoms. The minimum Gasteiger partial charge on any atom is -0.494 e. The molecule has 0 spiro atoms. The molecular weight excluding hydrogens is 562 g/mol. The van der Waals surface area contributed by atoms with Crippen LogP contribution in [-0.2, 0) is 9.59 Å². The molecule has 0 radical (unpaired) electrons. The number of nitrogens with zero attached hydrogens (tertiary/aromatic N) is 2. The van der Waals surface area contributed by atoms with E-state index in [1.165, 1.54) is 31.3 Å². The van der Waals surface area contributed by atoms with Crippen molar-refractivity contribution in [3.63, 3.8) is 0 Å². The van der Waals surface area contributed by atoms with Gasteiger partial charge in [0.05, 0.1) is 29.8 Å². The molecule has 0 atom stereocenters. The van der Waals surface area contributed by atoms with Gasteiger partial charge in [-0.2, -0.15) is 0 Å². The average molecular weight is 602 g/mol. The van der Waals surface area contributed by atoms with Gasteiger partial charge in [0.25, 0.3) is 11.8 Å². The summed E-state index contributed by atoms with van der Waals surface area (Å²) in [5.41, 5.74) is 3.27. The summed E-state index contributed by atoms with van der Waals surface area (Å²) in [4.78, 5) is 43.7. The zero-order valence-electron chi connectivity index (χ0n) is 25.8. The van der Waals surface area contributed by atoms with E-state index >= 15 is 0 Å². The maximum atomic E-state index is 13.1. The monoisotopic (exact) mass is 601 g/mol. The Hall–Kier alpha value is -5.33. The third-order valence-corrected chi connectivity index (χ3v) is 6.88. The fourth-order valence-electron chi connectivity index (χ4n) is 4.30. The van der Waals surface area contributed by atoms with Gasteiger partial charge in [-0.25, -0.2) is 0 Å². The van der Waals surface area contributed by atoms with Crippen LogP contribution in [-0.4, -0.2) is 79.7 Å². The van der Waals surface area contributed by atoms with E-state index in [0.717, 1.165) is 18.4 Å². The number of carbonyl (C=O) groups is 3. The molecule has 1 aliphatic rings. The third kappa shape index (κ3) is 8.15. The Balaban J connectivity index is 1.93. The first-order valence-electron chi connectivity index (χ1n) is 13.9. The number of aryl methyl sites for hydroxylation is 1. The first-order chi connectivity index (χ1) is 20.9. The normalized spacial score (nSPS) is 13.0. The van der Waals surface area contributed by atoms with Crippen LogP contribution in [0.4, 0.5) is 5.69 Å². The van der Waals surface area contributed by atoms with E-state index in [4.69, 9.17) is 21.0 Å². The van der Waals surface area contributed by atoms with E-state index in [2.05, 4.69) is 26.3 Å². The lowest BCUT2D eigenvalue weighted by atomic mass is 10.0. The van der Waals surface area contributed by atoms with Gasteiger partial charge < -0.3 is 36.3 Å². The number of amidine groups is 1. The van der Waals surface area contributed by atoms with Gasteiger partial charge in [-0.1, -0.05) is 6.07 Å². The second kappa shape index (κ2) is 14.7. The molecule has 1 aromatic carbocycles. The largest absolute Gasteiger partial charge is 0.494 e. The minimum atomic E-state index is -0.687. The van der Waals surface area contributed by atoms with Crippen LogP contribution in [0.15, 0.2) is 54.0 Å². The lowest BCUT2D eigenvalue weighted by Crippen LogP contribution is -2.34. The topological polar surface area (TPSA) is 196 Å². The number of anilines is 1. The van der Waals surface area contributed by atoms with E-state index in [-0.39, 0.29) is 35.8 Å². The standard InChI is InChI=1S/C31H39N9O4/c1-17-7-11-23(38-24(27(34)30(42)36-4)13-25(33)39-29(41)19-8-9-19)28(44-6)26(17)22-12-10-20(15-37-22)31(43)40(5)16-21(14-35-3)18(2)32/h7,10-15,19,32,34-35,38H,8-9,16H2,1-6H3,(H,36,42)(H2,33,39,41)/b21-14-,24-13+,32-18?,34-27?. The second-order valence-electron chi connectivity index (χ2n) is 10.3. The van der Waals surface area contributed by atoms with Crippen molar-refractivity contribution in [1.29, 1.82) is 16.2 Å². The summed E-state index contributed by atoms with van der Waals surface area (Å²) in [5.74, 6) is -1.24. The number of amides is 3. The van der Waals surface area contributed by atoms with E-state index < -0.39 is 11.6 Å². The lowest BCUT2D eigenvalue weighted by Gasteiger charge is -2.20. The number of rotatable bonds is 13. The van der Waals surface area contributed by atoms with Gasteiger partial charge in [0.15, 0.2) is 5.75 Å². The summed E-state index contributed by atoms with van der Waals surface area (Å²) < 4.78 is 5.76. The molecule has 1 fully saturated rings. The van der Waals surface area contributed by atoms with Gasteiger partial charge in [0.1, 0.15) is 11.5 Å². The molecule has 1 aromatic heterocycles. The van der Waals surface area contributed by atoms with Crippen molar-refractivity contribution in [1.82, 2.24) is 25.8 Å². The number of nitrogens with one attached hydrogen (secondary N) is 7. The Bertz CT molecular complexity index is 1540. The molecule has 1 heterocycles. The molecule has 0 bridgehead atoms. The molecule has 44 heavy (non-hydrogen) atoms. The molecule has 1 aliphatic carbocycles. The maximum absolute atomic E-state index is 13.1. The van der Waals surface area contributed by atoms with Crippen molar-refractivity contribution >= 4 is 40.7 Å². The molecular formula is C31H39N9O4. The number of pyridine rings is 1. The molecule has 1 saturated carbocycles. The third-order valence-electron chi connectivity index (χ3n) is 6.88. The fourth-order valence-corrected chi connectivity index (χ4v) is 4.30. The van der Waals surface area contributed by atoms with Crippen LogP contribution in [0.5, 0.6) is 5.75 Å². The highest BCUT2D eigenvalue weighted by Crippen LogP contribution is 2.39. The van der Waals surface area contributed by atoms with Gasteiger partial charge in [-0.3, -0.25) is 30.2 Å². The van der Waals surface area contributed by atoms with Crippen LogP contribution in [0, 0.1) is 29.1 Å². The van der Waals surface area contributed by atoms with Crippen LogP contribution in [0.3, 0.4) is 0 Å². The smallest absolute Gasteiger partial charge is 0.271 e. The minimum absolute atomic E-state index is 0.0256. The Morgan fingerprint density at radius 2 is 1.82 bits per heavy atom. The van der Waals surface area contributed by atoms with E-state index in [9.17, 15) is 14.4 Å². The van der Waals surface area contributed by atoms with E-state index in [1.807, 2.05) is 13.0 Å². The number of benzene rings is 1. The van der Waals surface area contributed by atoms with Gasteiger partial charge in [0, 0.05) is 68.9 Å². The molecule has 2 aromatic rings. The lowest BCUT2D eigenvalue weighted by molar-refractivity contribution is -0.120. The Morgan fingerprint density at radius 1 is 1.11 bits per heavy atom. The summed E-state index contributed by atoms with van der Waals surface area (Å²) >= 11 is 0. The second-order valence-corrected chi connectivity index (χ2v) is 10.3. The van der Waals surface area contributed by atoms with Crippen molar-refractivity contribution in [3.8, 4) is 17.0 Å². The predicted octanol–water partition coefficient (Wildman–Crippen LogP) is 2.85. The van der Waals surface area contributed by atoms with E-state index in [1.54, 1.807) is 45.4 Å². The summed E-state index contributed by atoms with van der Waals surface area (Å²) in [6.07, 6.45) is 5.91. The molecule has 0 aliphatic heterocycles. The van der Waals surface area contributed by atoms with Crippen LogP contribution in [0.25, 0.3) is 11.3 Å². The molecule has 3 amide bonds. The number of carbonyl (C=O) groups excluding carboxylic acids is 3. The first-order valence-corrected chi connectivity index (χ1v) is 13.9. The van der Waals surface area contributed by atoms with Gasteiger partial charge in [-0.05, 0) is 50.5 Å². The van der Waals surface area contributed by atoms with E-state index in [0.29, 0.717) is 39.5 Å². The Kier molecular flexibility index (Phi) is 11.1. The van der Waals surface area contributed by atoms with Gasteiger partial charge in [0.2, 0.25) is 5.91 Å². The number of methoxy groups -OCH3 is 1. The number of aromatic nitrogens is 1. The summed E-state index contributed by atoms with van der Waals surface area (Å²) in [6.45, 7) is 3.78. The quantitative estimate of drug-likeness (QED) is 0.135. The summed E-state index contributed by atoms with van der Waals surface area (Å²) in [5, 5.41) is 35.4. The first kappa shape index (κ1) is 33.2. The number of likely N-dealkylation sites (N-methyl/N-ethyl adjacent to an activating group) is 1. The van der Waals surface area contributed by atoms with Crippen molar-refractivity contribution in [3.05, 3.63) is 65.1 Å². The highest BCUT2D eigenvalue weighted by atomic mass is 16.5. The average Bonchev–Trinajstić information content (AvgIpc) is 3.86. The zero-order valence-corrected chi connectivity index (χ0v) is 25.8. The Labute approximate surface area is 256 Å². The zero-order chi connectivity index (χ0) is 32.6. The highest BCUT2D eigenvalue weighted by molar-refractivity contribution is 6.45. The van der Waals surface area contributed by atoms with Crippen LogP contribution in [0.1, 0.15) is 35.7 Å². The van der Waals surface area contributed by atoms with Crippen molar-refractivity contribution in [2.45, 2.75) is 26.7 Å². The molecule has 7 N–H and O–H groups in total. The SMILES string of the molecule is CN/C=C(/CN(C)C(=O)c1ccc(-c2c(C)ccc(N/C(=C/C(=N)NC(=O)C3CC3)C(=N)C(=O)NC)c2OC)nc1)C(C)=N. The van der Waals surface area contributed by atoms with Crippen LogP contribution < -0.4 is 26.0 Å². The van der Waals surface area contributed by atoms with Crippen molar-refractivity contribution in [2.24, 2.45) is 5.92 Å². The van der Waals surface area contributed by atoms with Crippen molar-refractivity contribution < 1.29 is 19.1 Å². The molecule has 0 unspecified atom stereocenters. The highest BCUT2D eigenvalue weighted by Gasteiger charge is 2.30. The van der Waals surface area contributed by atoms with Crippen LogP contribution >= 0.6 is 0 Å².